The van der Waals surface area contributed by atoms with Crippen LogP contribution in [-0.2, 0) is 7.05 Å². The predicted octanol–water partition coefficient (Wildman–Crippen LogP) is 4.60. The number of nitrogens with zero attached hydrogens (tertiary/aromatic N) is 2. The van der Waals surface area contributed by atoms with E-state index in [0.717, 1.165) is 23.4 Å². The van der Waals surface area contributed by atoms with Crippen LogP contribution in [0, 0.1) is 6.92 Å². The lowest BCUT2D eigenvalue weighted by Crippen LogP contribution is -2.10. The minimum absolute atomic E-state index is 0.146. The third-order valence-corrected chi connectivity index (χ3v) is 3.65. The minimum Gasteiger partial charge on any atom is -0.375 e. The topological polar surface area (TPSA) is 29.9 Å². The molecular formula is C14H17Cl2N3. The number of nitrogens with one attached hydrogen (secondary N) is 1. The number of anilines is 1. The van der Waals surface area contributed by atoms with Crippen molar-refractivity contribution in [3.8, 4) is 0 Å². The van der Waals surface area contributed by atoms with Crippen LogP contribution in [0.25, 0.3) is 0 Å². The lowest BCUT2D eigenvalue weighted by Gasteiger charge is -2.19. The van der Waals surface area contributed by atoms with Crippen LogP contribution in [0.15, 0.2) is 24.4 Å². The van der Waals surface area contributed by atoms with Crippen LogP contribution in [0.5, 0.6) is 0 Å². The molecule has 0 radical (unpaired) electrons. The summed E-state index contributed by atoms with van der Waals surface area (Å²) in [7, 11) is 1.91. The van der Waals surface area contributed by atoms with Crippen molar-refractivity contribution < 1.29 is 0 Å². The number of hydrogen-bond donors (Lipinski definition) is 1. The van der Waals surface area contributed by atoms with Crippen LogP contribution in [0.2, 0.25) is 10.0 Å². The third-order valence-electron chi connectivity index (χ3n) is 3.09. The predicted molar refractivity (Wildman–Crippen MR) is 81.1 cm³/mol. The monoisotopic (exact) mass is 297 g/mol. The molecule has 19 heavy (non-hydrogen) atoms. The Hall–Kier alpha value is -1.19. The van der Waals surface area contributed by atoms with Gasteiger partial charge in [0.25, 0.3) is 0 Å². The fourth-order valence-electron chi connectivity index (χ4n) is 2.11. The number of rotatable bonds is 4. The Morgan fingerprint density at radius 3 is 2.63 bits per heavy atom. The molecule has 1 unspecified atom stereocenters. The van der Waals surface area contributed by atoms with E-state index in [4.69, 9.17) is 23.2 Å². The largest absolute Gasteiger partial charge is 0.375 e. The van der Waals surface area contributed by atoms with Crippen molar-refractivity contribution in [2.75, 3.05) is 5.32 Å². The molecule has 1 aromatic heterocycles. The zero-order valence-corrected chi connectivity index (χ0v) is 12.8. The molecule has 3 nitrogen and oxygen atoms in total. The van der Waals surface area contributed by atoms with Crippen LogP contribution >= 0.6 is 23.2 Å². The average Bonchev–Trinajstić information content (AvgIpc) is 2.65. The second kappa shape index (κ2) is 5.85. The summed E-state index contributed by atoms with van der Waals surface area (Å²) >= 11 is 12.2. The molecule has 0 aliphatic rings. The van der Waals surface area contributed by atoms with E-state index in [1.807, 2.05) is 32.3 Å². The van der Waals surface area contributed by atoms with Gasteiger partial charge >= 0.3 is 0 Å². The summed E-state index contributed by atoms with van der Waals surface area (Å²) in [4.78, 5) is 0. The van der Waals surface area contributed by atoms with Crippen molar-refractivity contribution >= 4 is 28.9 Å². The van der Waals surface area contributed by atoms with Crippen LogP contribution < -0.4 is 5.32 Å². The number of aryl methyl sites for hydroxylation is 2. The molecule has 0 aliphatic carbocycles. The summed E-state index contributed by atoms with van der Waals surface area (Å²) in [5, 5.41) is 9.15. The molecule has 2 aromatic rings. The molecule has 0 saturated carbocycles. The summed E-state index contributed by atoms with van der Waals surface area (Å²) in [6, 6.07) is 5.76. The van der Waals surface area contributed by atoms with Crippen molar-refractivity contribution in [1.82, 2.24) is 9.78 Å². The molecule has 0 amide bonds. The van der Waals surface area contributed by atoms with Gasteiger partial charge in [-0.25, -0.2) is 0 Å². The molecule has 1 heterocycles. The molecule has 5 heteroatoms. The molecule has 0 saturated heterocycles. The van der Waals surface area contributed by atoms with E-state index in [2.05, 4.69) is 17.3 Å². The van der Waals surface area contributed by atoms with Crippen molar-refractivity contribution in [2.24, 2.45) is 7.05 Å². The van der Waals surface area contributed by atoms with Gasteiger partial charge in [-0.2, -0.15) is 5.10 Å². The molecular weight excluding hydrogens is 281 g/mol. The van der Waals surface area contributed by atoms with Crippen molar-refractivity contribution in [1.29, 1.82) is 0 Å². The van der Waals surface area contributed by atoms with Crippen LogP contribution in [0.3, 0.4) is 0 Å². The van der Waals surface area contributed by atoms with Gasteiger partial charge in [-0.1, -0.05) is 36.2 Å². The fraction of sp³-hybridized carbons (Fsp3) is 0.357. The SMILES string of the molecule is CCC(Nc1cn(C)nc1C)c1ccc(Cl)cc1Cl. The molecule has 1 atom stereocenters. The van der Waals surface area contributed by atoms with Gasteiger partial charge in [0.2, 0.25) is 0 Å². The fourth-order valence-corrected chi connectivity index (χ4v) is 2.65. The molecule has 0 spiro atoms. The maximum absolute atomic E-state index is 6.27. The highest BCUT2D eigenvalue weighted by molar-refractivity contribution is 6.35. The van der Waals surface area contributed by atoms with Crippen molar-refractivity contribution in [3.63, 3.8) is 0 Å². The Labute approximate surface area is 123 Å². The summed E-state index contributed by atoms with van der Waals surface area (Å²) in [5.41, 5.74) is 3.06. The van der Waals surface area contributed by atoms with Crippen LogP contribution in [0.4, 0.5) is 5.69 Å². The third kappa shape index (κ3) is 3.23. The van der Waals surface area contributed by atoms with Crippen LogP contribution in [0.1, 0.15) is 30.6 Å². The normalized spacial score (nSPS) is 12.5. The van der Waals surface area contributed by atoms with Crippen molar-refractivity contribution in [3.05, 3.63) is 45.7 Å². The lowest BCUT2D eigenvalue weighted by atomic mass is 10.0. The maximum Gasteiger partial charge on any atom is 0.0825 e. The molecule has 2 rings (SSSR count). The molecule has 1 aromatic carbocycles. The molecule has 0 fully saturated rings. The summed E-state index contributed by atoms with van der Waals surface area (Å²) < 4.78 is 1.80. The molecule has 0 aliphatic heterocycles. The number of benzene rings is 1. The Kier molecular flexibility index (Phi) is 4.38. The summed E-state index contributed by atoms with van der Waals surface area (Å²) in [6.07, 6.45) is 2.90. The Morgan fingerprint density at radius 1 is 1.37 bits per heavy atom. The lowest BCUT2D eigenvalue weighted by molar-refractivity contribution is 0.747. The first kappa shape index (κ1) is 14.2. The Morgan fingerprint density at radius 2 is 2.11 bits per heavy atom. The Bertz CT molecular complexity index is 578. The van der Waals surface area contributed by atoms with Gasteiger partial charge in [-0.3, -0.25) is 4.68 Å². The first-order valence-corrected chi connectivity index (χ1v) is 6.98. The van der Waals surface area contributed by atoms with Gasteiger partial charge in [-0.15, -0.1) is 0 Å². The van der Waals surface area contributed by atoms with Gasteiger partial charge < -0.3 is 5.32 Å². The molecule has 102 valence electrons. The van der Waals surface area contributed by atoms with Gasteiger partial charge in [-0.05, 0) is 31.0 Å². The minimum atomic E-state index is 0.146. The first-order chi connectivity index (χ1) is 9.01. The van der Waals surface area contributed by atoms with E-state index in [0.29, 0.717) is 10.0 Å². The number of halogens is 2. The average molecular weight is 298 g/mol. The van der Waals surface area contributed by atoms with E-state index >= 15 is 0 Å². The first-order valence-electron chi connectivity index (χ1n) is 6.23. The second-order valence-electron chi connectivity index (χ2n) is 4.57. The highest BCUT2D eigenvalue weighted by Crippen LogP contribution is 2.31. The van der Waals surface area contributed by atoms with Crippen molar-refractivity contribution in [2.45, 2.75) is 26.3 Å². The van der Waals surface area contributed by atoms with Gasteiger partial charge in [0.05, 0.1) is 17.4 Å². The highest BCUT2D eigenvalue weighted by atomic mass is 35.5. The number of hydrogen-bond acceptors (Lipinski definition) is 2. The summed E-state index contributed by atoms with van der Waals surface area (Å²) in [5.74, 6) is 0. The molecule has 1 N–H and O–H groups in total. The Balaban J connectivity index is 2.27. The molecule has 0 bridgehead atoms. The van der Waals surface area contributed by atoms with Gasteiger partial charge in [0.15, 0.2) is 0 Å². The van der Waals surface area contributed by atoms with E-state index in [1.165, 1.54) is 0 Å². The maximum atomic E-state index is 6.27. The van der Waals surface area contributed by atoms with E-state index in [-0.39, 0.29) is 6.04 Å². The van der Waals surface area contributed by atoms with Gasteiger partial charge in [0.1, 0.15) is 0 Å². The number of aromatic nitrogens is 2. The summed E-state index contributed by atoms with van der Waals surface area (Å²) in [6.45, 7) is 4.10. The zero-order chi connectivity index (χ0) is 14.0. The zero-order valence-electron chi connectivity index (χ0n) is 11.2. The van der Waals surface area contributed by atoms with Crippen LogP contribution in [-0.4, -0.2) is 9.78 Å². The van der Waals surface area contributed by atoms with E-state index < -0.39 is 0 Å². The quantitative estimate of drug-likeness (QED) is 0.894. The smallest absolute Gasteiger partial charge is 0.0825 e. The van der Waals surface area contributed by atoms with E-state index in [9.17, 15) is 0 Å². The standard InChI is InChI=1S/C14H17Cl2N3/c1-4-13(11-6-5-10(15)7-12(11)16)17-14-8-19(3)18-9(14)2/h5-8,13,17H,4H2,1-3H3. The van der Waals surface area contributed by atoms with E-state index in [1.54, 1.807) is 10.7 Å². The highest BCUT2D eigenvalue weighted by Gasteiger charge is 2.15. The second-order valence-corrected chi connectivity index (χ2v) is 5.42. The van der Waals surface area contributed by atoms with Gasteiger partial charge in [0, 0.05) is 23.3 Å².